The first-order valence-corrected chi connectivity index (χ1v) is 9.29. The number of carbonyl (C=O) groups is 1. The van der Waals surface area contributed by atoms with Crippen molar-refractivity contribution in [2.24, 2.45) is 0 Å². The Morgan fingerprint density at radius 3 is 2.38 bits per heavy atom. The number of benzene rings is 2. The maximum absolute atomic E-state index is 13.1. The van der Waals surface area contributed by atoms with Crippen LogP contribution in [0.3, 0.4) is 0 Å². The molecular formula is C22H22FN3O3. The summed E-state index contributed by atoms with van der Waals surface area (Å²) in [6, 6.07) is 13.8. The molecule has 3 aromatic rings. The number of aryl methyl sites for hydroxylation is 2. The third kappa shape index (κ3) is 4.68. The Kier molecular flexibility index (Phi) is 6.07. The largest absolute Gasteiger partial charge is 0.463 e. The summed E-state index contributed by atoms with van der Waals surface area (Å²) in [5.74, 6) is -0.591. The lowest BCUT2D eigenvalue weighted by Crippen LogP contribution is -2.33. The van der Waals surface area contributed by atoms with Crippen LogP contribution in [0.1, 0.15) is 24.5 Å². The van der Waals surface area contributed by atoms with Crippen LogP contribution in [0.2, 0.25) is 0 Å². The van der Waals surface area contributed by atoms with Gasteiger partial charge in [0.25, 0.3) is 11.5 Å². The fourth-order valence-electron chi connectivity index (χ4n) is 2.91. The van der Waals surface area contributed by atoms with Crippen LogP contribution >= 0.6 is 0 Å². The highest BCUT2D eigenvalue weighted by Gasteiger charge is 2.21. The van der Waals surface area contributed by atoms with E-state index in [1.807, 2.05) is 39.0 Å². The molecule has 1 atom stereocenters. The van der Waals surface area contributed by atoms with Gasteiger partial charge in [0.15, 0.2) is 6.10 Å². The number of nitrogens with zero attached hydrogens (tertiary/aromatic N) is 2. The molecule has 0 bridgehead atoms. The maximum atomic E-state index is 13.1. The highest BCUT2D eigenvalue weighted by atomic mass is 19.1. The minimum atomic E-state index is -0.791. The second-order valence-corrected chi connectivity index (χ2v) is 6.67. The first kappa shape index (κ1) is 20.3. The summed E-state index contributed by atoms with van der Waals surface area (Å²) in [5, 5.41) is 7.08. The second kappa shape index (κ2) is 8.68. The summed E-state index contributed by atoms with van der Waals surface area (Å²) in [4.78, 5) is 24.9. The monoisotopic (exact) mass is 395 g/mol. The molecule has 6 nitrogen and oxygen atoms in total. The third-order valence-electron chi connectivity index (χ3n) is 4.50. The van der Waals surface area contributed by atoms with Crippen LogP contribution in [0.15, 0.2) is 59.4 Å². The molecule has 7 heteroatoms. The number of ether oxygens (including phenoxy) is 1. The van der Waals surface area contributed by atoms with Crippen molar-refractivity contribution < 1.29 is 13.9 Å². The van der Waals surface area contributed by atoms with Crippen LogP contribution in [0, 0.1) is 19.7 Å². The smallest absolute Gasteiger partial charge is 0.271 e. The van der Waals surface area contributed by atoms with Gasteiger partial charge in [0, 0.05) is 17.8 Å². The highest BCUT2D eigenvalue weighted by molar-refractivity contribution is 5.95. The van der Waals surface area contributed by atoms with Crippen LogP contribution in [-0.4, -0.2) is 21.8 Å². The molecule has 0 aliphatic heterocycles. The van der Waals surface area contributed by atoms with Crippen LogP contribution in [-0.2, 0) is 4.79 Å². The molecule has 0 aliphatic carbocycles. The molecule has 0 spiro atoms. The van der Waals surface area contributed by atoms with Crippen molar-refractivity contribution in [3.8, 4) is 11.6 Å². The number of hydrogen-bond donors (Lipinski definition) is 1. The number of para-hydroxylation sites is 1. The molecule has 1 N–H and O–H groups in total. The quantitative estimate of drug-likeness (QED) is 0.689. The Hall–Kier alpha value is -3.48. The van der Waals surface area contributed by atoms with E-state index < -0.39 is 17.5 Å². The van der Waals surface area contributed by atoms with Crippen molar-refractivity contribution in [1.29, 1.82) is 0 Å². The molecule has 29 heavy (non-hydrogen) atoms. The molecular weight excluding hydrogens is 373 g/mol. The summed E-state index contributed by atoms with van der Waals surface area (Å²) in [6.07, 6.45) is -0.380. The topological polar surface area (TPSA) is 73.2 Å². The van der Waals surface area contributed by atoms with Crippen molar-refractivity contribution in [3.63, 3.8) is 0 Å². The van der Waals surface area contributed by atoms with Crippen molar-refractivity contribution in [2.75, 3.05) is 5.32 Å². The SMILES string of the molecule is CC[C@@H](Oc1ccc(=O)n(-c2ccc(F)cc2)n1)C(=O)Nc1c(C)cccc1C. The first-order chi connectivity index (χ1) is 13.9. The van der Waals surface area contributed by atoms with Crippen LogP contribution in [0.25, 0.3) is 5.69 Å². The van der Waals surface area contributed by atoms with Gasteiger partial charge in [-0.2, -0.15) is 4.68 Å². The maximum Gasteiger partial charge on any atom is 0.271 e. The predicted molar refractivity (Wildman–Crippen MR) is 109 cm³/mol. The van der Waals surface area contributed by atoms with Crippen LogP contribution in [0.5, 0.6) is 5.88 Å². The zero-order valence-electron chi connectivity index (χ0n) is 16.5. The second-order valence-electron chi connectivity index (χ2n) is 6.67. The van der Waals surface area contributed by atoms with Gasteiger partial charge < -0.3 is 10.1 Å². The summed E-state index contributed by atoms with van der Waals surface area (Å²) >= 11 is 0. The van der Waals surface area contributed by atoms with Crippen molar-refractivity contribution in [2.45, 2.75) is 33.3 Å². The van der Waals surface area contributed by atoms with Gasteiger partial charge in [-0.3, -0.25) is 9.59 Å². The van der Waals surface area contributed by atoms with Gasteiger partial charge in [0.05, 0.1) is 5.69 Å². The number of halogens is 1. The normalized spacial score (nSPS) is 11.7. The third-order valence-corrected chi connectivity index (χ3v) is 4.50. The van der Waals surface area contributed by atoms with E-state index in [2.05, 4.69) is 10.4 Å². The molecule has 0 saturated heterocycles. The summed E-state index contributed by atoms with van der Waals surface area (Å²) < 4.78 is 20.0. The number of aromatic nitrogens is 2. The Labute approximate surface area is 168 Å². The van der Waals surface area contributed by atoms with Crippen LogP contribution in [0.4, 0.5) is 10.1 Å². The van der Waals surface area contributed by atoms with Gasteiger partial charge in [0.1, 0.15) is 5.82 Å². The zero-order chi connectivity index (χ0) is 21.0. The molecule has 0 unspecified atom stereocenters. The Balaban J connectivity index is 1.82. The number of anilines is 1. The highest BCUT2D eigenvalue weighted by Crippen LogP contribution is 2.20. The number of carbonyl (C=O) groups excluding carboxylic acids is 1. The first-order valence-electron chi connectivity index (χ1n) is 9.29. The van der Waals surface area contributed by atoms with E-state index >= 15 is 0 Å². The molecule has 150 valence electrons. The van der Waals surface area contributed by atoms with E-state index in [1.54, 1.807) is 0 Å². The van der Waals surface area contributed by atoms with Gasteiger partial charge >= 0.3 is 0 Å². The van der Waals surface area contributed by atoms with Crippen LogP contribution < -0.4 is 15.6 Å². The fraction of sp³-hybridized carbons (Fsp3) is 0.227. The van der Waals surface area contributed by atoms with E-state index in [9.17, 15) is 14.0 Å². The molecule has 0 aliphatic rings. The summed E-state index contributed by atoms with van der Waals surface area (Å²) in [6.45, 7) is 5.67. The lowest BCUT2D eigenvalue weighted by Gasteiger charge is -2.19. The Bertz CT molecular complexity index is 1060. The molecule has 0 radical (unpaired) electrons. The standard InChI is InChI=1S/C22H22FN3O3/c1-4-18(22(28)24-21-14(2)6-5-7-15(21)3)29-19-12-13-20(27)26(25-19)17-10-8-16(23)9-11-17/h5-13,18H,4H2,1-3H3,(H,24,28)/t18-/m1/s1. The van der Waals surface area contributed by atoms with E-state index in [1.165, 1.54) is 36.4 Å². The lowest BCUT2D eigenvalue weighted by molar-refractivity contribution is -0.123. The molecule has 1 heterocycles. The Morgan fingerprint density at radius 1 is 1.10 bits per heavy atom. The summed E-state index contributed by atoms with van der Waals surface area (Å²) in [7, 11) is 0. The van der Waals surface area contributed by atoms with Gasteiger partial charge in [-0.25, -0.2) is 4.39 Å². The molecule has 0 fully saturated rings. The zero-order valence-corrected chi connectivity index (χ0v) is 16.5. The van der Waals surface area contributed by atoms with Crippen molar-refractivity contribution in [1.82, 2.24) is 9.78 Å². The number of rotatable bonds is 6. The fourth-order valence-corrected chi connectivity index (χ4v) is 2.91. The molecule has 2 aromatic carbocycles. The molecule has 1 aromatic heterocycles. The lowest BCUT2D eigenvalue weighted by atomic mass is 10.1. The average Bonchev–Trinajstić information content (AvgIpc) is 2.70. The molecule has 0 saturated carbocycles. The van der Waals surface area contributed by atoms with Gasteiger partial charge in [0.2, 0.25) is 5.88 Å². The number of amides is 1. The average molecular weight is 395 g/mol. The van der Waals surface area contributed by atoms with E-state index in [4.69, 9.17) is 4.74 Å². The van der Waals surface area contributed by atoms with E-state index in [0.29, 0.717) is 12.1 Å². The minimum absolute atomic E-state index is 0.123. The van der Waals surface area contributed by atoms with Crippen molar-refractivity contribution in [3.05, 3.63) is 81.9 Å². The van der Waals surface area contributed by atoms with Crippen molar-refractivity contribution >= 4 is 11.6 Å². The molecule has 1 amide bonds. The predicted octanol–water partition coefficient (Wildman–Crippen LogP) is 3.78. The molecule has 3 rings (SSSR count). The summed E-state index contributed by atoms with van der Waals surface area (Å²) in [5.41, 5.74) is 2.67. The number of nitrogens with one attached hydrogen (secondary N) is 1. The van der Waals surface area contributed by atoms with Gasteiger partial charge in [-0.1, -0.05) is 25.1 Å². The van der Waals surface area contributed by atoms with Gasteiger partial charge in [-0.05, 0) is 55.7 Å². The minimum Gasteiger partial charge on any atom is -0.463 e. The van der Waals surface area contributed by atoms with E-state index in [0.717, 1.165) is 21.5 Å². The Morgan fingerprint density at radius 2 is 1.76 bits per heavy atom. The van der Waals surface area contributed by atoms with E-state index in [-0.39, 0.29) is 11.8 Å². The van der Waals surface area contributed by atoms with Gasteiger partial charge in [-0.15, -0.1) is 5.10 Å². The number of hydrogen-bond acceptors (Lipinski definition) is 4.